The van der Waals surface area contributed by atoms with Crippen molar-refractivity contribution in [2.75, 3.05) is 11.9 Å². The third-order valence-corrected chi connectivity index (χ3v) is 6.69. The second kappa shape index (κ2) is 8.89. The molecule has 1 aliphatic carbocycles. The van der Waals surface area contributed by atoms with E-state index in [2.05, 4.69) is 51.7 Å². The topological polar surface area (TPSA) is 54.9 Å². The van der Waals surface area contributed by atoms with Crippen LogP contribution in [0.3, 0.4) is 0 Å². The molecule has 0 aliphatic heterocycles. The van der Waals surface area contributed by atoms with Gasteiger partial charge in [-0.1, -0.05) is 42.5 Å². The molecule has 0 atom stereocenters. The SMILES string of the molecule is Cc1ncsc1C1=C(c2cccnc2)C(=O)c2cc(NCCCc3ccccc3)ccc21. The highest BCUT2D eigenvalue weighted by atomic mass is 32.1. The van der Waals surface area contributed by atoms with E-state index in [0.717, 1.165) is 57.9 Å². The molecule has 158 valence electrons. The maximum absolute atomic E-state index is 13.6. The average molecular weight is 438 g/mol. The fraction of sp³-hybridized carbons (Fsp3) is 0.148. The Morgan fingerprint density at radius 1 is 0.969 bits per heavy atom. The predicted octanol–water partition coefficient (Wildman–Crippen LogP) is 6.05. The summed E-state index contributed by atoms with van der Waals surface area (Å²) in [6.45, 7) is 2.84. The molecule has 0 amide bonds. The monoisotopic (exact) mass is 437 g/mol. The summed E-state index contributed by atoms with van der Waals surface area (Å²) in [6, 6.07) is 20.4. The number of rotatable bonds is 7. The number of nitrogens with one attached hydrogen (secondary N) is 1. The first-order chi connectivity index (χ1) is 15.7. The predicted molar refractivity (Wildman–Crippen MR) is 131 cm³/mol. The lowest BCUT2D eigenvalue weighted by Crippen LogP contribution is -2.05. The summed E-state index contributed by atoms with van der Waals surface area (Å²) in [5, 5.41) is 3.49. The molecular weight excluding hydrogens is 414 g/mol. The van der Waals surface area contributed by atoms with E-state index in [-0.39, 0.29) is 5.78 Å². The molecule has 32 heavy (non-hydrogen) atoms. The van der Waals surface area contributed by atoms with E-state index in [9.17, 15) is 4.79 Å². The molecule has 0 saturated heterocycles. The number of thiazole rings is 1. The van der Waals surface area contributed by atoms with Crippen molar-refractivity contribution in [2.45, 2.75) is 19.8 Å². The Balaban J connectivity index is 1.42. The first-order valence-electron chi connectivity index (χ1n) is 10.7. The van der Waals surface area contributed by atoms with Crippen LogP contribution in [0.5, 0.6) is 0 Å². The van der Waals surface area contributed by atoms with Crippen molar-refractivity contribution in [1.82, 2.24) is 9.97 Å². The normalized spacial score (nSPS) is 12.8. The number of aromatic nitrogens is 2. The minimum Gasteiger partial charge on any atom is -0.385 e. The highest BCUT2D eigenvalue weighted by molar-refractivity contribution is 7.11. The molecule has 0 fully saturated rings. The van der Waals surface area contributed by atoms with Crippen molar-refractivity contribution < 1.29 is 4.79 Å². The number of fused-ring (bicyclic) bond motifs is 1. The van der Waals surface area contributed by atoms with Crippen LogP contribution >= 0.6 is 11.3 Å². The van der Waals surface area contributed by atoms with Crippen LogP contribution in [0.15, 0.2) is 78.6 Å². The van der Waals surface area contributed by atoms with Crippen molar-refractivity contribution in [1.29, 1.82) is 0 Å². The standard InChI is InChI=1S/C27H23N3OS/c1-18-27(32-17-30-18)25-22-12-11-21(29-14-5-9-19-7-3-2-4-8-19)15-23(22)26(31)24(25)20-10-6-13-28-16-20/h2-4,6-8,10-13,15-17,29H,5,9,14H2,1H3. The zero-order valence-electron chi connectivity index (χ0n) is 17.8. The Bertz CT molecular complexity index is 1290. The van der Waals surface area contributed by atoms with E-state index in [0.29, 0.717) is 5.57 Å². The number of nitrogens with zero attached hydrogens (tertiary/aromatic N) is 2. The lowest BCUT2D eigenvalue weighted by molar-refractivity contribution is 0.105. The smallest absolute Gasteiger partial charge is 0.195 e. The summed E-state index contributed by atoms with van der Waals surface area (Å²) in [4.78, 5) is 23.3. The molecule has 1 N–H and O–H groups in total. The largest absolute Gasteiger partial charge is 0.385 e. The minimum atomic E-state index is 0.0451. The van der Waals surface area contributed by atoms with Gasteiger partial charge in [0.2, 0.25) is 0 Å². The Hall–Kier alpha value is -3.57. The summed E-state index contributed by atoms with van der Waals surface area (Å²) in [5.74, 6) is 0.0451. The number of allylic oxidation sites excluding steroid dienone is 1. The molecule has 4 aromatic rings. The zero-order chi connectivity index (χ0) is 21.9. The van der Waals surface area contributed by atoms with Gasteiger partial charge in [0, 0.05) is 46.9 Å². The van der Waals surface area contributed by atoms with Gasteiger partial charge in [0.25, 0.3) is 0 Å². The van der Waals surface area contributed by atoms with E-state index in [1.54, 1.807) is 23.7 Å². The third-order valence-electron chi connectivity index (χ3n) is 5.75. The van der Waals surface area contributed by atoms with Gasteiger partial charge in [-0.3, -0.25) is 9.78 Å². The molecule has 2 aromatic carbocycles. The molecule has 0 spiro atoms. The summed E-state index contributed by atoms with van der Waals surface area (Å²) in [6.07, 6.45) is 5.54. The van der Waals surface area contributed by atoms with Crippen LogP contribution in [0.2, 0.25) is 0 Å². The minimum absolute atomic E-state index is 0.0451. The van der Waals surface area contributed by atoms with Crippen molar-refractivity contribution in [2.24, 2.45) is 0 Å². The lowest BCUT2D eigenvalue weighted by Gasteiger charge is -2.10. The van der Waals surface area contributed by atoms with Gasteiger partial charge in [0.15, 0.2) is 5.78 Å². The molecule has 5 rings (SSSR count). The number of carbonyl (C=O) groups is 1. The molecular formula is C27H23N3OS. The fourth-order valence-corrected chi connectivity index (χ4v) is 5.05. The number of Topliss-reactive ketones (excluding diaryl/α,β-unsaturated/α-hetero) is 1. The molecule has 1 aliphatic rings. The van der Waals surface area contributed by atoms with E-state index < -0.39 is 0 Å². The Morgan fingerprint density at radius 2 is 1.84 bits per heavy atom. The van der Waals surface area contributed by atoms with Crippen LogP contribution in [0.25, 0.3) is 11.1 Å². The Labute approximate surface area is 191 Å². The van der Waals surface area contributed by atoms with Crippen molar-refractivity contribution in [3.63, 3.8) is 0 Å². The van der Waals surface area contributed by atoms with Gasteiger partial charge in [-0.2, -0.15) is 0 Å². The van der Waals surface area contributed by atoms with Gasteiger partial charge < -0.3 is 5.32 Å². The Kier molecular flexibility index (Phi) is 5.65. The van der Waals surface area contributed by atoms with Gasteiger partial charge in [0.05, 0.1) is 16.1 Å². The zero-order valence-corrected chi connectivity index (χ0v) is 18.7. The van der Waals surface area contributed by atoms with Crippen molar-refractivity contribution >= 4 is 34.0 Å². The molecule has 2 heterocycles. The summed E-state index contributed by atoms with van der Waals surface area (Å²) < 4.78 is 0. The second-order valence-electron chi connectivity index (χ2n) is 7.86. The number of carbonyl (C=O) groups excluding carboxylic acids is 1. The average Bonchev–Trinajstić information content (AvgIpc) is 3.38. The first kappa shape index (κ1) is 20.3. The van der Waals surface area contributed by atoms with Gasteiger partial charge in [-0.25, -0.2) is 4.98 Å². The quantitative estimate of drug-likeness (QED) is 0.358. The maximum atomic E-state index is 13.6. The number of ketones is 1. The fourth-order valence-electron chi connectivity index (χ4n) is 4.18. The molecule has 4 nitrogen and oxygen atoms in total. The van der Waals surface area contributed by atoms with Crippen LogP contribution in [-0.4, -0.2) is 22.3 Å². The van der Waals surface area contributed by atoms with Crippen LogP contribution in [-0.2, 0) is 6.42 Å². The van der Waals surface area contributed by atoms with E-state index in [1.165, 1.54) is 5.56 Å². The van der Waals surface area contributed by atoms with Crippen LogP contribution in [0.1, 0.15) is 44.0 Å². The first-order valence-corrected chi connectivity index (χ1v) is 11.6. The molecule has 0 radical (unpaired) electrons. The maximum Gasteiger partial charge on any atom is 0.195 e. The number of hydrogen-bond donors (Lipinski definition) is 1. The van der Waals surface area contributed by atoms with Crippen molar-refractivity contribution in [3.05, 3.63) is 111 Å². The van der Waals surface area contributed by atoms with Crippen LogP contribution in [0, 0.1) is 6.92 Å². The number of pyridine rings is 1. The lowest BCUT2D eigenvalue weighted by atomic mass is 9.99. The van der Waals surface area contributed by atoms with Gasteiger partial charge >= 0.3 is 0 Å². The van der Waals surface area contributed by atoms with Crippen molar-refractivity contribution in [3.8, 4) is 0 Å². The number of aryl methyl sites for hydroxylation is 2. The third kappa shape index (κ3) is 3.87. The van der Waals surface area contributed by atoms with Gasteiger partial charge in [-0.05, 0) is 49.1 Å². The molecule has 5 heteroatoms. The highest BCUT2D eigenvalue weighted by Gasteiger charge is 2.33. The summed E-state index contributed by atoms with van der Waals surface area (Å²) in [5.41, 5.74) is 9.31. The molecule has 0 saturated carbocycles. The molecule has 0 bridgehead atoms. The Morgan fingerprint density at radius 3 is 2.59 bits per heavy atom. The second-order valence-corrected chi connectivity index (χ2v) is 8.72. The van der Waals surface area contributed by atoms with Crippen LogP contribution in [0.4, 0.5) is 5.69 Å². The number of anilines is 1. The van der Waals surface area contributed by atoms with E-state index in [4.69, 9.17) is 0 Å². The number of hydrogen-bond acceptors (Lipinski definition) is 5. The van der Waals surface area contributed by atoms with E-state index >= 15 is 0 Å². The summed E-state index contributed by atoms with van der Waals surface area (Å²) in [7, 11) is 0. The highest BCUT2D eigenvalue weighted by Crippen LogP contribution is 2.44. The summed E-state index contributed by atoms with van der Waals surface area (Å²) >= 11 is 1.57. The van der Waals surface area contributed by atoms with Crippen LogP contribution < -0.4 is 5.32 Å². The van der Waals surface area contributed by atoms with Gasteiger partial charge in [-0.15, -0.1) is 11.3 Å². The van der Waals surface area contributed by atoms with E-state index in [1.807, 2.05) is 36.7 Å². The van der Waals surface area contributed by atoms with Gasteiger partial charge in [0.1, 0.15) is 0 Å². The molecule has 2 aromatic heterocycles. The molecule has 0 unspecified atom stereocenters. The number of benzene rings is 2.